The van der Waals surface area contributed by atoms with Crippen molar-refractivity contribution in [3.05, 3.63) is 21.7 Å². The van der Waals surface area contributed by atoms with Crippen molar-refractivity contribution in [2.24, 2.45) is 5.90 Å². The molecule has 4 nitrogen and oxygen atoms in total. The van der Waals surface area contributed by atoms with Crippen LogP contribution in [-0.4, -0.2) is 13.2 Å². The molecule has 1 aromatic rings. The summed E-state index contributed by atoms with van der Waals surface area (Å²) in [6, 6.07) is 1.92. The smallest absolute Gasteiger partial charge is 0.164 e. The van der Waals surface area contributed by atoms with Crippen LogP contribution in [0.3, 0.4) is 0 Å². The van der Waals surface area contributed by atoms with Crippen LogP contribution >= 0.6 is 15.9 Å². The molecular weight excluding hydrogens is 286 g/mol. The van der Waals surface area contributed by atoms with Gasteiger partial charge in [-0.25, -0.2) is 5.90 Å². The molecule has 0 aromatic heterocycles. The lowest BCUT2D eigenvalue weighted by Gasteiger charge is -2.17. The van der Waals surface area contributed by atoms with Crippen molar-refractivity contribution < 1.29 is 14.3 Å². The van der Waals surface area contributed by atoms with Crippen LogP contribution in [0, 0.1) is 0 Å². The third kappa shape index (κ3) is 2.56. The van der Waals surface area contributed by atoms with Gasteiger partial charge >= 0.3 is 0 Å². The molecule has 0 atom stereocenters. The van der Waals surface area contributed by atoms with Crippen LogP contribution in [0.2, 0.25) is 0 Å². The van der Waals surface area contributed by atoms with Crippen LogP contribution in [0.4, 0.5) is 0 Å². The lowest BCUT2D eigenvalue weighted by Crippen LogP contribution is -2.06. The Morgan fingerprint density at radius 1 is 1.35 bits per heavy atom. The number of halogens is 1. The van der Waals surface area contributed by atoms with Crippen LogP contribution in [0.25, 0.3) is 0 Å². The summed E-state index contributed by atoms with van der Waals surface area (Å²) >= 11 is 3.52. The van der Waals surface area contributed by atoms with E-state index in [1.54, 1.807) is 0 Å². The Balaban J connectivity index is 2.51. The summed E-state index contributed by atoms with van der Waals surface area (Å²) in [7, 11) is 0. The largest absolute Gasteiger partial charge is 0.490 e. The van der Waals surface area contributed by atoms with Crippen molar-refractivity contribution in [3.8, 4) is 11.5 Å². The maximum absolute atomic E-state index is 5.77. The molecule has 0 unspecified atom stereocenters. The highest BCUT2D eigenvalue weighted by molar-refractivity contribution is 9.10. The van der Waals surface area contributed by atoms with Crippen molar-refractivity contribution in [3.63, 3.8) is 0 Å². The molecule has 0 radical (unpaired) electrons. The van der Waals surface area contributed by atoms with E-state index in [1.165, 1.54) is 0 Å². The van der Waals surface area contributed by atoms with E-state index >= 15 is 0 Å². The number of hydrogen-bond acceptors (Lipinski definition) is 4. The molecule has 0 saturated carbocycles. The van der Waals surface area contributed by atoms with Crippen molar-refractivity contribution in [1.82, 2.24) is 0 Å². The molecule has 1 aliphatic rings. The third-order valence-corrected chi connectivity index (χ3v) is 3.49. The molecule has 1 heterocycles. The summed E-state index contributed by atoms with van der Waals surface area (Å²) in [5, 5.41) is 0. The predicted molar refractivity (Wildman–Crippen MR) is 68.1 cm³/mol. The molecule has 0 spiro atoms. The minimum atomic E-state index is 0.362. The Labute approximate surface area is 109 Å². The molecule has 5 heteroatoms. The summed E-state index contributed by atoms with van der Waals surface area (Å²) in [5.74, 6) is 6.80. The van der Waals surface area contributed by atoms with Gasteiger partial charge in [-0.2, -0.15) is 0 Å². The quantitative estimate of drug-likeness (QED) is 0.872. The molecular formula is C12H16BrNO3. The van der Waals surface area contributed by atoms with Gasteiger partial charge in [0, 0.05) is 22.0 Å². The molecule has 17 heavy (non-hydrogen) atoms. The number of rotatable bonds is 3. The Hall–Kier alpha value is -0.780. The number of fused-ring (bicyclic) bond motifs is 1. The number of benzene rings is 1. The molecule has 0 aliphatic carbocycles. The molecule has 0 bridgehead atoms. The first-order valence-electron chi connectivity index (χ1n) is 5.69. The third-order valence-electron chi connectivity index (χ3n) is 2.78. The fraction of sp³-hybridized carbons (Fsp3) is 0.500. The number of hydrogen-bond donors (Lipinski definition) is 1. The molecule has 94 valence electrons. The molecule has 1 aliphatic heterocycles. The molecule has 2 N–H and O–H groups in total. The van der Waals surface area contributed by atoms with Crippen LogP contribution < -0.4 is 15.4 Å². The van der Waals surface area contributed by atoms with E-state index in [1.807, 2.05) is 6.07 Å². The van der Waals surface area contributed by atoms with Crippen LogP contribution in [-0.2, 0) is 17.9 Å². The second-order valence-electron chi connectivity index (χ2n) is 3.86. The molecule has 0 fully saturated rings. The molecule has 1 aromatic carbocycles. The van der Waals surface area contributed by atoms with Crippen molar-refractivity contribution in [1.29, 1.82) is 0 Å². The Morgan fingerprint density at radius 3 is 2.82 bits per heavy atom. The Kier molecular flexibility index (Phi) is 4.25. The van der Waals surface area contributed by atoms with Gasteiger partial charge in [-0.3, -0.25) is 4.84 Å². The van der Waals surface area contributed by atoms with E-state index in [0.717, 1.165) is 39.9 Å². The summed E-state index contributed by atoms with van der Waals surface area (Å²) in [4.78, 5) is 4.75. The van der Waals surface area contributed by atoms with Gasteiger partial charge in [-0.15, -0.1) is 0 Å². The van der Waals surface area contributed by atoms with Gasteiger partial charge in [0.2, 0.25) is 0 Å². The van der Waals surface area contributed by atoms with Crippen molar-refractivity contribution in [2.75, 3.05) is 13.2 Å². The first-order chi connectivity index (χ1) is 8.27. The highest BCUT2D eigenvalue weighted by Crippen LogP contribution is 2.40. The van der Waals surface area contributed by atoms with Crippen LogP contribution in [0.1, 0.15) is 24.5 Å². The molecule has 0 saturated heterocycles. The zero-order valence-corrected chi connectivity index (χ0v) is 11.4. The van der Waals surface area contributed by atoms with Gasteiger partial charge in [0.05, 0.1) is 19.8 Å². The normalized spacial score (nSPS) is 14.5. The van der Waals surface area contributed by atoms with E-state index in [2.05, 4.69) is 22.9 Å². The second kappa shape index (κ2) is 5.71. The summed E-state index contributed by atoms with van der Waals surface area (Å²) in [6.45, 7) is 3.82. The van der Waals surface area contributed by atoms with Gasteiger partial charge in [-0.05, 0) is 12.5 Å². The van der Waals surface area contributed by atoms with Crippen LogP contribution in [0.15, 0.2) is 10.5 Å². The molecule has 0 amide bonds. The Morgan fingerprint density at radius 2 is 2.12 bits per heavy atom. The lowest BCUT2D eigenvalue weighted by atomic mass is 10.0. The van der Waals surface area contributed by atoms with Crippen molar-refractivity contribution in [2.45, 2.75) is 26.4 Å². The maximum atomic E-state index is 5.77. The fourth-order valence-corrected chi connectivity index (χ4v) is 2.55. The highest BCUT2D eigenvalue weighted by Gasteiger charge is 2.20. The number of nitrogens with two attached hydrogens (primary N) is 1. The lowest BCUT2D eigenvalue weighted by molar-refractivity contribution is 0.122. The summed E-state index contributed by atoms with van der Waals surface area (Å²) < 4.78 is 12.4. The number of ether oxygens (including phenoxy) is 2. The maximum Gasteiger partial charge on any atom is 0.164 e. The monoisotopic (exact) mass is 301 g/mol. The summed E-state index contributed by atoms with van der Waals surface area (Å²) in [5.41, 5.74) is 2.13. The van der Waals surface area contributed by atoms with Gasteiger partial charge in [0.25, 0.3) is 0 Å². The van der Waals surface area contributed by atoms with E-state index in [0.29, 0.717) is 19.8 Å². The second-order valence-corrected chi connectivity index (χ2v) is 4.71. The summed E-state index contributed by atoms with van der Waals surface area (Å²) in [6.07, 6.45) is 1.75. The van der Waals surface area contributed by atoms with Gasteiger partial charge in [0.15, 0.2) is 11.5 Å². The predicted octanol–water partition coefficient (Wildman–Crippen LogP) is 2.56. The SMILES string of the molecule is CCc1c(CON)c(Br)cc2c1OCCCO2. The highest BCUT2D eigenvalue weighted by atomic mass is 79.9. The zero-order valence-electron chi connectivity index (χ0n) is 9.79. The first kappa shape index (κ1) is 12.7. The van der Waals surface area contributed by atoms with E-state index in [4.69, 9.17) is 20.2 Å². The Bertz CT molecular complexity index is 409. The van der Waals surface area contributed by atoms with Gasteiger partial charge < -0.3 is 9.47 Å². The van der Waals surface area contributed by atoms with E-state index in [9.17, 15) is 0 Å². The van der Waals surface area contributed by atoms with Crippen molar-refractivity contribution >= 4 is 15.9 Å². The van der Waals surface area contributed by atoms with E-state index in [-0.39, 0.29) is 0 Å². The average Bonchev–Trinajstić information content (AvgIpc) is 2.55. The zero-order chi connectivity index (χ0) is 12.3. The minimum absolute atomic E-state index is 0.362. The van der Waals surface area contributed by atoms with Gasteiger partial charge in [-0.1, -0.05) is 22.9 Å². The van der Waals surface area contributed by atoms with E-state index < -0.39 is 0 Å². The standard InChI is InChI=1S/C12H16BrNO3/c1-2-8-9(7-17-14)10(13)6-11-12(8)16-5-3-4-15-11/h6H,2-5,7,14H2,1H3. The fourth-order valence-electron chi connectivity index (χ4n) is 1.99. The minimum Gasteiger partial charge on any atom is -0.490 e. The first-order valence-corrected chi connectivity index (χ1v) is 6.48. The molecule has 2 rings (SSSR count). The van der Waals surface area contributed by atoms with Gasteiger partial charge in [0.1, 0.15) is 0 Å². The average molecular weight is 302 g/mol. The topological polar surface area (TPSA) is 53.7 Å². The van der Waals surface area contributed by atoms with Crippen LogP contribution in [0.5, 0.6) is 11.5 Å².